The van der Waals surface area contributed by atoms with E-state index in [1.54, 1.807) is 43.3 Å². The van der Waals surface area contributed by atoms with Gasteiger partial charge in [-0.05, 0) is 25.1 Å². The highest BCUT2D eigenvalue weighted by atomic mass is 32.1. The molecule has 168 valence electrons. The number of aromatic nitrogens is 2. The van der Waals surface area contributed by atoms with Crippen molar-refractivity contribution >= 4 is 33.3 Å². The average Bonchev–Trinajstić information content (AvgIpc) is 3.38. The number of aryl methyl sites for hydroxylation is 1. The highest BCUT2D eigenvalue weighted by Crippen LogP contribution is 2.46. The van der Waals surface area contributed by atoms with Crippen molar-refractivity contribution in [3.63, 3.8) is 0 Å². The van der Waals surface area contributed by atoms with E-state index in [1.807, 2.05) is 0 Å². The highest BCUT2D eigenvalue weighted by molar-refractivity contribution is 7.15. The molecule has 0 spiro atoms. The Morgan fingerprint density at radius 2 is 1.85 bits per heavy atom. The summed E-state index contributed by atoms with van der Waals surface area (Å²) < 4.78 is 22.3. The molecule has 1 atom stereocenters. The zero-order chi connectivity index (χ0) is 23.3. The third kappa shape index (κ3) is 3.13. The third-order valence-corrected chi connectivity index (χ3v) is 6.37. The predicted molar refractivity (Wildman–Crippen MR) is 122 cm³/mol. The number of nitrogens with zero attached hydrogens (tertiary/aromatic N) is 3. The molecule has 3 heterocycles. The van der Waals surface area contributed by atoms with Crippen LogP contribution in [0.2, 0.25) is 0 Å². The summed E-state index contributed by atoms with van der Waals surface area (Å²) in [4.78, 5) is 28.7. The topological polar surface area (TPSA) is 104 Å². The zero-order valence-corrected chi connectivity index (χ0v) is 19.1. The molecule has 5 rings (SSSR count). The number of ether oxygens (including phenoxy) is 3. The second-order valence-electron chi connectivity index (χ2n) is 7.30. The second kappa shape index (κ2) is 7.89. The molecule has 2 aromatic heterocycles. The van der Waals surface area contributed by atoms with Crippen molar-refractivity contribution in [2.45, 2.75) is 13.0 Å². The molecule has 0 fully saturated rings. The van der Waals surface area contributed by atoms with Crippen molar-refractivity contribution in [3.05, 3.63) is 68.5 Å². The molecule has 0 radical (unpaired) electrons. The maximum Gasteiger partial charge on any atom is 0.297 e. The number of carbonyl (C=O) groups is 1. The minimum Gasteiger partial charge on any atom is -0.497 e. The first-order chi connectivity index (χ1) is 16.0. The van der Waals surface area contributed by atoms with Crippen molar-refractivity contribution in [2.24, 2.45) is 0 Å². The van der Waals surface area contributed by atoms with Crippen LogP contribution in [0.25, 0.3) is 11.0 Å². The van der Waals surface area contributed by atoms with E-state index >= 15 is 0 Å². The van der Waals surface area contributed by atoms with Gasteiger partial charge in [0.2, 0.25) is 10.9 Å². The van der Waals surface area contributed by atoms with E-state index in [4.69, 9.17) is 18.6 Å². The van der Waals surface area contributed by atoms with Crippen LogP contribution in [-0.2, 0) is 0 Å². The highest BCUT2D eigenvalue weighted by Gasteiger charge is 2.46. The molecule has 0 saturated carbocycles. The maximum absolute atomic E-state index is 13.7. The number of fused-ring (bicyclic) bond motifs is 2. The van der Waals surface area contributed by atoms with Crippen LogP contribution in [0.15, 0.2) is 45.6 Å². The van der Waals surface area contributed by atoms with Crippen molar-refractivity contribution in [3.8, 4) is 17.2 Å². The molecular formula is C23H19N3O6S. The molecule has 0 bridgehead atoms. The van der Waals surface area contributed by atoms with Crippen LogP contribution in [0.3, 0.4) is 0 Å². The summed E-state index contributed by atoms with van der Waals surface area (Å²) in [7, 11) is 4.55. The van der Waals surface area contributed by atoms with Gasteiger partial charge in [0.15, 0.2) is 16.9 Å². The fraction of sp³-hybridized carbons (Fsp3) is 0.217. The Morgan fingerprint density at radius 1 is 1.03 bits per heavy atom. The fourth-order valence-corrected chi connectivity index (χ4v) is 4.79. The van der Waals surface area contributed by atoms with Crippen LogP contribution >= 0.6 is 11.3 Å². The molecule has 33 heavy (non-hydrogen) atoms. The van der Waals surface area contributed by atoms with Gasteiger partial charge >= 0.3 is 0 Å². The number of amides is 1. The Bertz CT molecular complexity index is 1460. The lowest BCUT2D eigenvalue weighted by atomic mass is 9.97. The van der Waals surface area contributed by atoms with Crippen molar-refractivity contribution in [2.75, 3.05) is 26.2 Å². The summed E-state index contributed by atoms with van der Waals surface area (Å²) in [5.74, 6) is 0.852. The van der Waals surface area contributed by atoms with Gasteiger partial charge in [-0.1, -0.05) is 23.5 Å². The predicted octanol–water partition coefficient (Wildman–Crippen LogP) is 3.73. The van der Waals surface area contributed by atoms with Crippen molar-refractivity contribution < 1.29 is 23.4 Å². The Hall–Kier alpha value is -3.92. The van der Waals surface area contributed by atoms with Gasteiger partial charge in [-0.25, -0.2) is 0 Å². The Kier molecular flexibility index (Phi) is 5.01. The van der Waals surface area contributed by atoms with Gasteiger partial charge in [-0.2, -0.15) is 0 Å². The second-order valence-corrected chi connectivity index (χ2v) is 8.46. The lowest BCUT2D eigenvalue weighted by Crippen LogP contribution is -2.29. The zero-order valence-electron chi connectivity index (χ0n) is 18.2. The summed E-state index contributed by atoms with van der Waals surface area (Å²) in [6.45, 7) is 1.79. The van der Waals surface area contributed by atoms with Gasteiger partial charge in [0.05, 0.1) is 32.3 Å². The quantitative estimate of drug-likeness (QED) is 0.439. The van der Waals surface area contributed by atoms with Gasteiger partial charge in [-0.15, -0.1) is 10.2 Å². The largest absolute Gasteiger partial charge is 0.497 e. The molecule has 1 amide bonds. The van der Waals surface area contributed by atoms with Gasteiger partial charge in [-0.3, -0.25) is 14.5 Å². The van der Waals surface area contributed by atoms with Gasteiger partial charge in [0.1, 0.15) is 22.4 Å². The lowest BCUT2D eigenvalue weighted by Gasteiger charge is -2.24. The molecule has 4 aromatic rings. The van der Waals surface area contributed by atoms with Crippen molar-refractivity contribution in [1.82, 2.24) is 10.2 Å². The first-order valence-electron chi connectivity index (χ1n) is 9.97. The SMILES string of the molecule is COc1ccc2c(=O)c3c(oc2c1)C(=O)N(c1nnc(C)s1)C3c1cccc(OC)c1OC. The summed E-state index contributed by atoms with van der Waals surface area (Å²) >= 11 is 1.24. The number of methoxy groups -OCH3 is 3. The van der Waals surface area contributed by atoms with Crippen LogP contribution in [0.5, 0.6) is 17.2 Å². The Morgan fingerprint density at radius 3 is 2.52 bits per heavy atom. The molecule has 0 aliphatic carbocycles. The number of carbonyl (C=O) groups excluding carboxylic acids is 1. The Balaban J connectivity index is 1.84. The lowest BCUT2D eigenvalue weighted by molar-refractivity contribution is 0.0970. The molecule has 1 aliphatic heterocycles. The normalized spacial score (nSPS) is 15.1. The van der Waals surface area contributed by atoms with E-state index in [1.165, 1.54) is 37.6 Å². The first-order valence-corrected chi connectivity index (χ1v) is 10.8. The van der Waals surface area contributed by atoms with E-state index in [-0.39, 0.29) is 22.3 Å². The van der Waals surface area contributed by atoms with Crippen LogP contribution in [-0.4, -0.2) is 37.4 Å². The van der Waals surface area contributed by atoms with Gasteiger partial charge in [0, 0.05) is 11.6 Å². The number of benzene rings is 2. The molecule has 0 saturated heterocycles. The summed E-state index contributed by atoms with van der Waals surface area (Å²) in [6, 6.07) is 9.35. The van der Waals surface area contributed by atoms with E-state index < -0.39 is 11.9 Å². The number of anilines is 1. The number of hydrogen-bond donors (Lipinski definition) is 0. The summed E-state index contributed by atoms with van der Waals surface area (Å²) in [5.41, 5.74) is 0.716. The van der Waals surface area contributed by atoms with Gasteiger partial charge in [0.25, 0.3) is 5.91 Å². The monoisotopic (exact) mass is 465 g/mol. The minimum atomic E-state index is -0.840. The molecule has 9 nitrogen and oxygen atoms in total. The summed E-state index contributed by atoms with van der Waals surface area (Å²) in [6.07, 6.45) is 0. The number of hydrogen-bond acceptors (Lipinski definition) is 9. The van der Waals surface area contributed by atoms with E-state index in [0.717, 1.165) is 0 Å². The van der Waals surface area contributed by atoms with E-state index in [9.17, 15) is 9.59 Å². The van der Waals surface area contributed by atoms with Crippen LogP contribution in [0, 0.1) is 6.92 Å². The maximum atomic E-state index is 13.7. The van der Waals surface area contributed by atoms with Crippen molar-refractivity contribution in [1.29, 1.82) is 0 Å². The number of rotatable bonds is 5. The Labute approximate surface area is 192 Å². The molecule has 1 unspecified atom stereocenters. The fourth-order valence-electron chi connectivity index (χ4n) is 4.08. The van der Waals surface area contributed by atoms with E-state index in [0.29, 0.717) is 38.3 Å². The standard InChI is InChI=1S/C23H19N3O6S/c1-11-24-25-23(33-11)26-18(14-6-5-7-15(30-3)20(14)31-4)17-19(27)13-9-8-12(29-2)10-16(13)32-21(17)22(26)28/h5-10,18H,1-4H3. The third-order valence-electron chi connectivity index (χ3n) is 5.53. The van der Waals surface area contributed by atoms with Gasteiger partial charge < -0.3 is 18.6 Å². The van der Waals surface area contributed by atoms with Crippen LogP contribution < -0.4 is 24.5 Å². The summed E-state index contributed by atoms with van der Waals surface area (Å²) in [5, 5.41) is 9.59. The average molecular weight is 465 g/mol. The van der Waals surface area contributed by atoms with Crippen LogP contribution in [0.1, 0.15) is 32.7 Å². The molecule has 2 aromatic carbocycles. The molecule has 10 heteroatoms. The molecule has 0 N–H and O–H groups in total. The molecule has 1 aliphatic rings. The smallest absolute Gasteiger partial charge is 0.297 e. The van der Waals surface area contributed by atoms with Crippen LogP contribution in [0.4, 0.5) is 5.13 Å². The number of para-hydroxylation sites is 1. The van der Waals surface area contributed by atoms with E-state index in [2.05, 4.69) is 10.2 Å². The molecular weight excluding hydrogens is 446 g/mol. The first kappa shape index (κ1) is 21.0. The minimum absolute atomic E-state index is 0.0523.